The molecule has 0 amide bonds. The first kappa shape index (κ1) is 13.8. The Labute approximate surface area is 126 Å². The Kier molecular flexibility index (Phi) is 4.03. The average molecular weight is 275 g/mol. The Balaban J connectivity index is 1.73. The number of fused-ring (bicyclic) bond motifs is 1. The molecule has 0 bridgehead atoms. The second kappa shape index (κ2) is 6.11. The average Bonchev–Trinajstić information content (AvgIpc) is 2.52. The molecule has 0 saturated carbocycles. The Hall–Kier alpha value is -2.12. The molecule has 0 aliphatic heterocycles. The lowest BCUT2D eigenvalue weighted by Crippen LogP contribution is -2.11. The molecule has 1 heteroatoms. The molecule has 1 unspecified atom stereocenters. The second-order valence-electron chi connectivity index (χ2n) is 5.74. The van der Waals surface area contributed by atoms with Crippen LogP contribution in [0.4, 0.5) is 0 Å². The van der Waals surface area contributed by atoms with Crippen LogP contribution in [0, 0.1) is 6.92 Å². The lowest BCUT2D eigenvalue weighted by molar-refractivity contribution is 0.652. The Morgan fingerprint density at radius 1 is 0.857 bits per heavy atom. The summed E-state index contributed by atoms with van der Waals surface area (Å²) in [5.74, 6) is 0. The Morgan fingerprint density at radius 3 is 2.48 bits per heavy atom. The van der Waals surface area contributed by atoms with E-state index in [9.17, 15) is 0 Å². The molecule has 0 aromatic heterocycles. The van der Waals surface area contributed by atoms with Gasteiger partial charge in [-0.15, -0.1) is 0 Å². The number of hydrogen-bond acceptors (Lipinski definition) is 1. The van der Waals surface area contributed by atoms with Gasteiger partial charge < -0.3 is 5.73 Å². The van der Waals surface area contributed by atoms with Crippen molar-refractivity contribution in [2.75, 3.05) is 0 Å². The molecule has 21 heavy (non-hydrogen) atoms. The van der Waals surface area contributed by atoms with E-state index in [1.165, 1.54) is 27.5 Å². The van der Waals surface area contributed by atoms with E-state index in [2.05, 4.69) is 73.7 Å². The minimum atomic E-state index is 0.0927. The van der Waals surface area contributed by atoms with Gasteiger partial charge in [0.1, 0.15) is 0 Å². The molecule has 1 nitrogen and oxygen atoms in total. The largest absolute Gasteiger partial charge is 0.324 e. The third kappa shape index (κ3) is 3.32. The number of hydrogen-bond donors (Lipinski definition) is 1. The summed E-state index contributed by atoms with van der Waals surface area (Å²) in [4.78, 5) is 0. The van der Waals surface area contributed by atoms with E-state index in [0.29, 0.717) is 0 Å². The minimum Gasteiger partial charge on any atom is -0.324 e. The molecule has 0 fully saturated rings. The van der Waals surface area contributed by atoms with Gasteiger partial charge in [-0.1, -0.05) is 66.2 Å². The fourth-order valence-corrected chi connectivity index (χ4v) is 2.79. The molecular formula is C20H21N. The van der Waals surface area contributed by atoms with Crippen LogP contribution in [0.3, 0.4) is 0 Å². The van der Waals surface area contributed by atoms with Gasteiger partial charge in [-0.3, -0.25) is 0 Å². The van der Waals surface area contributed by atoms with E-state index in [4.69, 9.17) is 5.73 Å². The number of rotatable bonds is 4. The topological polar surface area (TPSA) is 26.0 Å². The summed E-state index contributed by atoms with van der Waals surface area (Å²) < 4.78 is 0. The molecule has 0 spiro atoms. The van der Waals surface area contributed by atoms with Gasteiger partial charge >= 0.3 is 0 Å². The molecule has 3 aromatic rings. The SMILES string of the molecule is Cc1cccc(CCC(N)c2ccc3ccccc3c2)c1. The Morgan fingerprint density at radius 2 is 1.67 bits per heavy atom. The molecule has 0 saturated heterocycles. The van der Waals surface area contributed by atoms with Crippen LogP contribution in [0.5, 0.6) is 0 Å². The van der Waals surface area contributed by atoms with Crippen molar-refractivity contribution in [1.82, 2.24) is 0 Å². The molecule has 2 N–H and O–H groups in total. The maximum absolute atomic E-state index is 6.37. The molecule has 0 aliphatic rings. The first-order valence-electron chi connectivity index (χ1n) is 7.52. The first-order valence-corrected chi connectivity index (χ1v) is 7.52. The number of nitrogens with two attached hydrogens (primary N) is 1. The van der Waals surface area contributed by atoms with Crippen LogP contribution in [0.1, 0.15) is 29.2 Å². The summed E-state index contributed by atoms with van der Waals surface area (Å²) in [6, 6.07) is 23.7. The molecule has 0 radical (unpaired) electrons. The first-order chi connectivity index (χ1) is 10.2. The zero-order chi connectivity index (χ0) is 14.7. The van der Waals surface area contributed by atoms with Crippen LogP contribution >= 0.6 is 0 Å². The van der Waals surface area contributed by atoms with Crippen molar-refractivity contribution in [2.45, 2.75) is 25.8 Å². The van der Waals surface area contributed by atoms with Crippen LogP contribution in [-0.2, 0) is 6.42 Å². The minimum absolute atomic E-state index is 0.0927. The highest BCUT2D eigenvalue weighted by Gasteiger charge is 2.07. The van der Waals surface area contributed by atoms with E-state index in [1.807, 2.05) is 0 Å². The van der Waals surface area contributed by atoms with E-state index in [1.54, 1.807) is 0 Å². The molecule has 3 rings (SSSR count). The van der Waals surface area contributed by atoms with Gasteiger partial charge in [0.05, 0.1) is 0 Å². The van der Waals surface area contributed by atoms with E-state index in [-0.39, 0.29) is 6.04 Å². The van der Waals surface area contributed by atoms with Gasteiger partial charge in [0, 0.05) is 6.04 Å². The highest BCUT2D eigenvalue weighted by molar-refractivity contribution is 5.83. The summed E-state index contributed by atoms with van der Waals surface area (Å²) in [7, 11) is 0. The summed E-state index contributed by atoms with van der Waals surface area (Å²) in [6.07, 6.45) is 2.00. The maximum Gasteiger partial charge on any atom is 0.0298 e. The van der Waals surface area contributed by atoms with Gasteiger partial charge in [0.15, 0.2) is 0 Å². The highest BCUT2D eigenvalue weighted by atomic mass is 14.6. The van der Waals surface area contributed by atoms with Crippen molar-refractivity contribution < 1.29 is 0 Å². The van der Waals surface area contributed by atoms with Gasteiger partial charge in [-0.05, 0) is 47.7 Å². The van der Waals surface area contributed by atoms with Crippen LogP contribution < -0.4 is 5.73 Å². The fourth-order valence-electron chi connectivity index (χ4n) is 2.79. The van der Waals surface area contributed by atoms with Gasteiger partial charge in [-0.25, -0.2) is 0 Å². The van der Waals surface area contributed by atoms with Gasteiger partial charge in [-0.2, -0.15) is 0 Å². The maximum atomic E-state index is 6.37. The predicted molar refractivity (Wildman–Crippen MR) is 90.4 cm³/mol. The van der Waals surface area contributed by atoms with Crippen molar-refractivity contribution in [2.24, 2.45) is 5.73 Å². The summed E-state index contributed by atoms with van der Waals surface area (Å²) in [5, 5.41) is 2.54. The highest BCUT2D eigenvalue weighted by Crippen LogP contribution is 2.22. The van der Waals surface area contributed by atoms with Crippen molar-refractivity contribution in [3.8, 4) is 0 Å². The molecular weight excluding hydrogens is 254 g/mol. The molecule has 0 heterocycles. The van der Waals surface area contributed by atoms with E-state index < -0.39 is 0 Å². The molecule has 3 aromatic carbocycles. The third-order valence-corrected chi connectivity index (χ3v) is 4.03. The molecule has 1 atom stereocenters. The standard InChI is InChI=1S/C20H21N/c1-15-5-4-6-16(13-15)9-12-20(21)19-11-10-17-7-2-3-8-18(17)14-19/h2-8,10-11,13-14,20H,9,12,21H2,1H3. The zero-order valence-corrected chi connectivity index (χ0v) is 12.4. The predicted octanol–water partition coefficient (Wildman–Crippen LogP) is 4.78. The number of aryl methyl sites for hydroxylation is 2. The van der Waals surface area contributed by atoms with Crippen molar-refractivity contribution >= 4 is 10.8 Å². The van der Waals surface area contributed by atoms with Crippen molar-refractivity contribution in [3.63, 3.8) is 0 Å². The smallest absolute Gasteiger partial charge is 0.0298 e. The van der Waals surface area contributed by atoms with Gasteiger partial charge in [0.25, 0.3) is 0 Å². The van der Waals surface area contributed by atoms with Crippen LogP contribution in [0.15, 0.2) is 66.7 Å². The monoisotopic (exact) mass is 275 g/mol. The summed E-state index contributed by atoms with van der Waals surface area (Å²) >= 11 is 0. The Bertz CT molecular complexity index is 745. The van der Waals surface area contributed by atoms with Crippen molar-refractivity contribution in [1.29, 1.82) is 0 Å². The third-order valence-electron chi connectivity index (χ3n) is 4.03. The quantitative estimate of drug-likeness (QED) is 0.728. The lowest BCUT2D eigenvalue weighted by Gasteiger charge is -2.13. The van der Waals surface area contributed by atoms with E-state index >= 15 is 0 Å². The van der Waals surface area contributed by atoms with Crippen LogP contribution in [-0.4, -0.2) is 0 Å². The normalized spacial score (nSPS) is 12.5. The summed E-state index contributed by atoms with van der Waals surface area (Å²) in [5.41, 5.74) is 10.3. The second-order valence-corrected chi connectivity index (χ2v) is 5.74. The van der Waals surface area contributed by atoms with Gasteiger partial charge in [0.2, 0.25) is 0 Å². The van der Waals surface area contributed by atoms with Crippen molar-refractivity contribution in [3.05, 3.63) is 83.4 Å². The summed E-state index contributed by atoms with van der Waals surface area (Å²) in [6.45, 7) is 2.13. The molecule has 106 valence electrons. The fraction of sp³-hybridized carbons (Fsp3) is 0.200. The molecule has 0 aliphatic carbocycles. The van der Waals surface area contributed by atoms with E-state index in [0.717, 1.165) is 12.8 Å². The zero-order valence-electron chi connectivity index (χ0n) is 12.4. The van der Waals surface area contributed by atoms with Crippen LogP contribution in [0.25, 0.3) is 10.8 Å². The lowest BCUT2D eigenvalue weighted by atomic mass is 9.97. The van der Waals surface area contributed by atoms with Crippen LogP contribution in [0.2, 0.25) is 0 Å². The number of benzene rings is 3.